The lowest BCUT2D eigenvalue weighted by molar-refractivity contribution is -0.715. The van der Waals surface area contributed by atoms with Crippen LogP contribution in [0, 0.1) is 11.3 Å². The van der Waals surface area contributed by atoms with Crippen molar-refractivity contribution in [2.45, 2.75) is 78.7 Å². The highest BCUT2D eigenvalue weighted by molar-refractivity contribution is 7.26. The molecule has 3 atom stereocenters. The van der Waals surface area contributed by atoms with Gasteiger partial charge in [-0.05, 0) is 107 Å². The molecule has 5 aromatic carbocycles. The Labute approximate surface area is 385 Å². The zero-order valence-electron chi connectivity index (χ0n) is 38.4. The van der Waals surface area contributed by atoms with Crippen LogP contribution in [0.3, 0.4) is 0 Å². The first kappa shape index (κ1) is 39.2. The van der Waals surface area contributed by atoms with Crippen LogP contribution >= 0.6 is 11.3 Å². The van der Waals surface area contributed by atoms with E-state index in [0.29, 0.717) is 5.92 Å². The molecule has 5 aromatic heterocycles. The third-order valence-electron chi connectivity index (χ3n) is 15.4. The number of allylic oxidation sites excluding steroid dienone is 4. The minimum Gasteiger partial charge on any atom is -0.264 e. The number of rotatable bonds is 6. The molecule has 318 valence electrons. The molecule has 0 fully saturated rings. The molecule has 4 nitrogen and oxygen atoms in total. The van der Waals surface area contributed by atoms with Crippen LogP contribution in [0.5, 0.6) is 0 Å². The number of aromatic nitrogens is 4. The molecule has 3 aliphatic rings. The fourth-order valence-electron chi connectivity index (χ4n) is 12.3. The lowest BCUT2D eigenvalue weighted by atomic mass is 9.82. The van der Waals surface area contributed by atoms with Gasteiger partial charge in [-0.15, -0.1) is 11.3 Å². The van der Waals surface area contributed by atoms with Crippen LogP contribution in [0.25, 0.3) is 75.2 Å². The van der Waals surface area contributed by atoms with Gasteiger partial charge in [0, 0.05) is 54.8 Å². The summed E-state index contributed by atoms with van der Waals surface area (Å²) in [5.74, 6) is 0.738. The SMILES string of the molecule is CC1=CC(c2ccccc2)=CC1(C)Cn1c2ccccc2[n+]2c3c(c4cc5sc6cc7ccccc7cc6c5cc4c12)C1c2cnccc2-c2cc(CC(C)C)c([Si](C)(C)C)c[n+]2C1C3. The minimum atomic E-state index is -1.71. The van der Waals surface area contributed by atoms with Crippen LogP contribution in [0.15, 0.2) is 152 Å². The van der Waals surface area contributed by atoms with E-state index in [-0.39, 0.29) is 17.4 Å². The normalized spacial score (nSPS) is 19.1. The smallest absolute Gasteiger partial charge is 0.264 e. The molecule has 13 rings (SSSR count). The molecule has 0 amide bonds. The van der Waals surface area contributed by atoms with Crippen LogP contribution < -0.4 is 14.2 Å². The van der Waals surface area contributed by atoms with E-state index >= 15 is 0 Å². The first-order valence-corrected chi connectivity index (χ1v) is 27.9. The average Bonchev–Trinajstić information content (AvgIpc) is 4.04. The average molecular weight is 879 g/mol. The van der Waals surface area contributed by atoms with Crippen LogP contribution in [0.4, 0.5) is 0 Å². The van der Waals surface area contributed by atoms with E-state index < -0.39 is 8.07 Å². The summed E-state index contributed by atoms with van der Waals surface area (Å²) in [4.78, 5) is 4.91. The van der Waals surface area contributed by atoms with Crippen molar-refractivity contribution in [2.24, 2.45) is 11.3 Å². The maximum absolute atomic E-state index is 4.91. The monoisotopic (exact) mass is 878 g/mol. The number of hydrogen-bond acceptors (Lipinski definition) is 2. The Morgan fingerprint density at radius 1 is 0.831 bits per heavy atom. The molecule has 1 aliphatic heterocycles. The van der Waals surface area contributed by atoms with Gasteiger partial charge in [0.25, 0.3) is 5.65 Å². The molecule has 6 heterocycles. The van der Waals surface area contributed by atoms with Gasteiger partial charge in [-0.3, -0.25) is 4.98 Å². The summed E-state index contributed by atoms with van der Waals surface area (Å²) < 4.78 is 10.8. The molecule has 3 unspecified atom stereocenters. The fourth-order valence-corrected chi connectivity index (χ4v) is 15.1. The Balaban J connectivity index is 1.14. The Morgan fingerprint density at radius 2 is 1.57 bits per heavy atom. The molecular formula is C59H54N4SSi+2. The number of hydrogen-bond donors (Lipinski definition) is 0. The van der Waals surface area contributed by atoms with Gasteiger partial charge in [-0.1, -0.05) is 118 Å². The highest BCUT2D eigenvalue weighted by Crippen LogP contribution is 2.53. The molecule has 65 heavy (non-hydrogen) atoms. The van der Waals surface area contributed by atoms with Crippen molar-refractivity contribution in [1.82, 2.24) is 9.55 Å². The molecule has 0 spiro atoms. The van der Waals surface area contributed by atoms with Gasteiger partial charge in [0.05, 0.1) is 31.4 Å². The maximum Gasteiger partial charge on any atom is 0.295 e. The van der Waals surface area contributed by atoms with E-state index in [9.17, 15) is 0 Å². The molecule has 10 aromatic rings. The topological polar surface area (TPSA) is 25.8 Å². The van der Waals surface area contributed by atoms with Gasteiger partial charge in [0.2, 0.25) is 5.69 Å². The van der Waals surface area contributed by atoms with Crippen molar-refractivity contribution in [3.05, 3.63) is 180 Å². The molecule has 0 N–H and O–H groups in total. The van der Waals surface area contributed by atoms with E-state index in [1.54, 1.807) is 5.19 Å². The molecule has 0 radical (unpaired) electrons. The van der Waals surface area contributed by atoms with E-state index in [0.717, 1.165) is 19.4 Å². The Hall–Kier alpha value is -6.21. The Kier molecular flexibility index (Phi) is 8.38. The van der Waals surface area contributed by atoms with Gasteiger partial charge >= 0.3 is 0 Å². The van der Waals surface area contributed by atoms with Crippen molar-refractivity contribution in [3.63, 3.8) is 0 Å². The number of pyridine rings is 3. The number of benzene rings is 5. The van der Waals surface area contributed by atoms with Crippen LogP contribution in [0.1, 0.15) is 67.6 Å². The third kappa shape index (κ3) is 5.75. The summed E-state index contributed by atoms with van der Waals surface area (Å²) in [6, 6.07) is 44.1. The van der Waals surface area contributed by atoms with Crippen LogP contribution in [0.2, 0.25) is 19.6 Å². The molecule has 2 aliphatic carbocycles. The number of para-hydroxylation sites is 2. The van der Waals surface area contributed by atoms with Crippen LogP contribution in [-0.4, -0.2) is 17.6 Å². The zero-order chi connectivity index (χ0) is 44.1. The van der Waals surface area contributed by atoms with Gasteiger partial charge in [0.1, 0.15) is 12.2 Å². The fraction of sp³-hybridized carbons (Fsp3) is 0.237. The molecule has 0 saturated carbocycles. The Bertz CT molecular complexity index is 3750. The van der Waals surface area contributed by atoms with E-state index in [1.165, 1.54) is 109 Å². The van der Waals surface area contributed by atoms with E-state index in [2.05, 4.69) is 201 Å². The van der Waals surface area contributed by atoms with Crippen molar-refractivity contribution in [3.8, 4) is 11.3 Å². The zero-order valence-corrected chi connectivity index (χ0v) is 40.2. The van der Waals surface area contributed by atoms with Crippen LogP contribution in [-0.2, 0) is 19.4 Å². The quantitative estimate of drug-likeness (QED) is 0.121. The molecular weight excluding hydrogens is 825 g/mol. The number of fused-ring (bicyclic) bond motifs is 19. The highest BCUT2D eigenvalue weighted by atomic mass is 32.1. The lowest BCUT2D eigenvalue weighted by Crippen LogP contribution is -2.53. The first-order chi connectivity index (χ1) is 31.4. The number of imidazole rings is 1. The standard InChI is InChI=1S/C59H54N4SSi/c1-35(2)23-40-26-50-42-21-22-60-32-47(42)57-51(61(50)33-55(40)65(5,6)7)30-52-56(57)45-29-54-44(43-25-38-17-11-12-18-39(38)27-53(43)64-54)28-46(45)58-62(48-19-13-14-20-49(48)63(52)58)34-59(4)31-41(24-36(59)3)37-15-9-8-10-16-37/h8-22,24-29,31-33,35,51,57H,23,30,34H2,1-7H3/q+2. The summed E-state index contributed by atoms with van der Waals surface area (Å²) in [5, 5.41) is 9.57. The van der Waals surface area contributed by atoms with Crippen molar-refractivity contribution in [1.29, 1.82) is 0 Å². The van der Waals surface area contributed by atoms with Crippen molar-refractivity contribution in [2.75, 3.05) is 0 Å². The summed E-state index contributed by atoms with van der Waals surface area (Å²) in [5.41, 5.74) is 16.1. The third-order valence-corrected chi connectivity index (χ3v) is 18.6. The predicted molar refractivity (Wildman–Crippen MR) is 275 cm³/mol. The highest BCUT2D eigenvalue weighted by Gasteiger charge is 2.51. The number of nitrogens with zero attached hydrogens (tertiary/aromatic N) is 4. The second-order valence-corrected chi connectivity index (χ2v) is 27.2. The van der Waals surface area contributed by atoms with E-state index in [1.807, 2.05) is 17.5 Å². The minimum absolute atomic E-state index is 0.154. The maximum atomic E-state index is 4.91. The van der Waals surface area contributed by atoms with Gasteiger partial charge in [-0.2, -0.15) is 8.97 Å². The lowest BCUT2D eigenvalue weighted by Gasteiger charge is -2.29. The summed E-state index contributed by atoms with van der Waals surface area (Å²) in [6.07, 6.45) is 13.8. The predicted octanol–water partition coefficient (Wildman–Crippen LogP) is 13.4. The second kappa shape index (κ2) is 13.9. The molecule has 0 saturated heterocycles. The Morgan fingerprint density at radius 3 is 2.37 bits per heavy atom. The molecule has 0 bridgehead atoms. The van der Waals surface area contributed by atoms with Gasteiger partial charge < -0.3 is 0 Å². The largest absolute Gasteiger partial charge is 0.295 e. The van der Waals surface area contributed by atoms with Crippen molar-refractivity contribution < 1.29 is 8.97 Å². The van der Waals surface area contributed by atoms with Crippen molar-refractivity contribution >= 4 is 88.6 Å². The van der Waals surface area contributed by atoms with Gasteiger partial charge in [0.15, 0.2) is 23.3 Å². The van der Waals surface area contributed by atoms with Gasteiger partial charge in [-0.25, -0.2) is 4.57 Å². The summed E-state index contributed by atoms with van der Waals surface area (Å²) in [6.45, 7) is 17.9. The number of thiophene rings is 1. The second-order valence-electron chi connectivity index (χ2n) is 21.1. The summed E-state index contributed by atoms with van der Waals surface area (Å²) in [7, 11) is -1.71. The van der Waals surface area contributed by atoms with E-state index in [4.69, 9.17) is 4.98 Å². The first-order valence-electron chi connectivity index (χ1n) is 23.6. The molecule has 6 heteroatoms. The summed E-state index contributed by atoms with van der Waals surface area (Å²) >= 11 is 1.95.